The first-order chi connectivity index (χ1) is 13.5. The molecular formula is C21H31NO6S. The van der Waals surface area contributed by atoms with Crippen molar-refractivity contribution in [1.82, 2.24) is 4.90 Å². The monoisotopic (exact) mass is 425 g/mol. The molecule has 1 aliphatic heterocycles. The molecule has 0 spiro atoms. The zero-order valence-corrected chi connectivity index (χ0v) is 18.3. The lowest BCUT2D eigenvalue weighted by Gasteiger charge is -2.43. The summed E-state index contributed by atoms with van der Waals surface area (Å²) in [5, 5.41) is 0. The Kier molecular flexibility index (Phi) is 6.17. The van der Waals surface area contributed by atoms with Gasteiger partial charge in [0, 0.05) is 29.5 Å². The van der Waals surface area contributed by atoms with Crippen LogP contribution in [0.15, 0.2) is 24.3 Å². The lowest BCUT2D eigenvalue weighted by atomic mass is 10.1. The minimum atomic E-state index is -2.52. The molecular weight excluding hydrogens is 394 g/mol. The van der Waals surface area contributed by atoms with E-state index in [1.165, 1.54) is 7.11 Å². The molecule has 2 fully saturated rings. The lowest BCUT2D eigenvalue weighted by molar-refractivity contribution is 0.0121. The maximum Gasteiger partial charge on any atom is 0.410 e. The van der Waals surface area contributed by atoms with Crippen molar-refractivity contribution in [3.05, 3.63) is 35.4 Å². The fourth-order valence-electron chi connectivity index (χ4n) is 3.88. The first kappa shape index (κ1) is 21.9. The van der Waals surface area contributed by atoms with Crippen LogP contribution in [-0.4, -0.2) is 62.4 Å². The van der Waals surface area contributed by atoms with Crippen LogP contribution < -0.4 is 0 Å². The second-order valence-corrected chi connectivity index (χ2v) is 11.3. The number of carbonyl (C=O) groups excluding carboxylic acids is 2. The van der Waals surface area contributed by atoms with Gasteiger partial charge in [0.15, 0.2) is 0 Å². The molecule has 0 radical (unpaired) electrons. The van der Waals surface area contributed by atoms with Crippen LogP contribution >= 0.6 is 10.6 Å². The smallest absolute Gasteiger partial charge is 0.410 e. The van der Waals surface area contributed by atoms with Gasteiger partial charge < -0.3 is 14.4 Å². The Morgan fingerprint density at radius 2 is 1.69 bits per heavy atom. The number of carbonyl (C=O) groups is 2. The van der Waals surface area contributed by atoms with Crippen molar-refractivity contribution in [2.45, 2.75) is 63.6 Å². The van der Waals surface area contributed by atoms with Gasteiger partial charge in [-0.2, -0.15) is 10.6 Å². The maximum absolute atomic E-state index is 13.0. The van der Waals surface area contributed by atoms with Gasteiger partial charge in [0.25, 0.3) is 0 Å². The topological polar surface area (TPSA) is 96.3 Å². The number of amides is 1. The Morgan fingerprint density at radius 1 is 1.10 bits per heavy atom. The van der Waals surface area contributed by atoms with Gasteiger partial charge in [0.2, 0.25) is 0 Å². The zero-order chi connectivity index (χ0) is 21.4. The number of nitrogens with zero attached hydrogens (tertiary/aromatic N) is 1. The van der Waals surface area contributed by atoms with E-state index < -0.39 is 16.2 Å². The highest BCUT2D eigenvalue weighted by Crippen LogP contribution is 2.50. The van der Waals surface area contributed by atoms with Gasteiger partial charge in [-0.25, -0.2) is 9.59 Å². The summed E-state index contributed by atoms with van der Waals surface area (Å²) in [6, 6.07) is 7.24. The first-order valence-corrected chi connectivity index (χ1v) is 11.8. The molecule has 29 heavy (non-hydrogen) atoms. The summed E-state index contributed by atoms with van der Waals surface area (Å²) in [5.41, 5.74) is 0.964. The van der Waals surface area contributed by atoms with E-state index in [0.29, 0.717) is 29.9 Å². The van der Waals surface area contributed by atoms with Crippen LogP contribution in [-0.2, 0) is 9.47 Å². The SMILES string of the molecule is COC(=O)c1ccc(C2CC2N(C(=O)OC(C)(C)C)C2CCS(O)(O)CC2)cc1. The van der Waals surface area contributed by atoms with Crippen molar-refractivity contribution in [2.75, 3.05) is 18.6 Å². The van der Waals surface area contributed by atoms with Crippen LogP contribution in [0.25, 0.3) is 0 Å². The summed E-state index contributed by atoms with van der Waals surface area (Å²) in [6.45, 7) is 5.53. The second-order valence-electron chi connectivity index (χ2n) is 8.85. The first-order valence-electron chi connectivity index (χ1n) is 9.94. The third-order valence-electron chi connectivity index (χ3n) is 5.43. The molecule has 2 N–H and O–H groups in total. The third kappa shape index (κ3) is 5.43. The molecule has 1 heterocycles. The number of benzene rings is 1. The molecule has 1 saturated carbocycles. The van der Waals surface area contributed by atoms with Crippen LogP contribution in [0.4, 0.5) is 4.79 Å². The van der Waals surface area contributed by atoms with Crippen LogP contribution in [0.2, 0.25) is 0 Å². The van der Waals surface area contributed by atoms with Crippen molar-refractivity contribution >= 4 is 22.7 Å². The van der Waals surface area contributed by atoms with Crippen LogP contribution in [0, 0.1) is 0 Å². The highest BCUT2D eigenvalue weighted by molar-refractivity contribution is 8.24. The van der Waals surface area contributed by atoms with Crippen LogP contribution in [0.5, 0.6) is 0 Å². The van der Waals surface area contributed by atoms with Gasteiger partial charge in [-0.05, 0) is 57.7 Å². The number of ether oxygens (including phenoxy) is 2. The fourth-order valence-corrected chi connectivity index (χ4v) is 5.38. The van der Waals surface area contributed by atoms with Crippen molar-refractivity contribution in [3.63, 3.8) is 0 Å². The second kappa shape index (κ2) is 8.16. The van der Waals surface area contributed by atoms with E-state index >= 15 is 0 Å². The molecule has 7 nitrogen and oxygen atoms in total. The molecule has 8 heteroatoms. The Labute approximate surface area is 173 Å². The molecule has 2 atom stereocenters. The summed E-state index contributed by atoms with van der Waals surface area (Å²) in [6.07, 6.45) is 1.60. The van der Waals surface area contributed by atoms with Crippen molar-refractivity contribution in [2.24, 2.45) is 0 Å². The average molecular weight is 426 g/mol. The number of esters is 1. The van der Waals surface area contributed by atoms with Gasteiger partial charge in [0.05, 0.1) is 12.7 Å². The lowest BCUT2D eigenvalue weighted by Crippen LogP contribution is -2.47. The van der Waals surface area contributed by atoms with E-state index in [4.69, 9.17) is 9.47 Å². The zero-order valence-electron chi connectivity index (χ0n) is 17.5. The summed E-state index contributed by atoms with van der Waals surface area (Å²) in [4.78, 5) is 26.4. The Bertz CT molecular complexity index is 747. The average Bonchev–Trinajstić information content (AvgIpc) is 3.41. The molecule has 2 unspecified atom stereocenters. The molecule has 1 saturated heterocycles. The molecule has 0 aromatic heterocycles. The summed E-state index contributed by atoms with van der Waals surface area (Å²) in [5.74, 6) is 0.446. The highest BCUT2D eigenvalue weighted by atomic mass is 32.3. The van der Waals surface area contributed by atoms with E-state index in [1.807, 2.05) is 37.8 Å². The van der Waals surface area contributed by atoms with E-state index in [-0.39, 0.29) is 30.1 Å². The quantitative estimate of drug-likeness (QED) is 0.691. The molecule has 162 valence electrons. The molecule has 1 aromatic carbocycles. The molecule has 1 amide bonds. The predicted octanol–water partition coefficient (Wildman–Crippen LogP) is 4.48. The third-order valence-corrected chi connectivity index (χ3v) is 7.21. The van der Waals surface area contributed by atoms with E-state index in [0.717, 1.165) is 12.0 Å². The standard InChI is InChI=1S/C21H31NO6S/c1-21(2,3)28-20(24)22(16-9-11-29(25,26)12-10-16)18-13-17(18)14-5-7-15(8-6-14)19(23)27-4/h5-8,16-18,25-26H,9-13H2,1-4H3. The Hall–Kier alpha value is -1.77. The van der Waals surface area contributed by atoms with Crippen molar-refractivity contribution in [3.8, 4) is 0 Å². The maximum atomic E-state index is 13.0. The molecule has 2 aliphatic rings. The fraction of sp³-hybridized carbons (Fsp3) is 0.619. The number of hydrogen-bond donors (Lipinski definition) is 2. The molecule has 1 aliphatic carbocycles. The summed E-state index contributed by atoms with van der Waals surface area (Å²) < 4.78 is 30.3. The van der Waals surface area contributed by atoms with Gasteiger partial charge in [-0.15, -0.1) is 0 Å². The predicted molar refractivity (Wildman–Crippen MR) is 113 cm³/mol. The van der Waals surface area contributed by atoms with Gasteiger partial charge in [0.1, 0.15) is 5.60 Å². The van der Waals surface area contributed by atoms with Crippen molar-refractivity contribution in [1.29, 1.82) is 0 Å². The summed E-state index contributed by atoms with van der Waals surface area (Å²) in [7, 11) is -1.17. The van der Waals surface area contributed by atoms with Crippen LogP contribution in [0.3, 0.4) is 0 Å². The van der Waals surface area contributed by atoms with Crippen molar-refractivity contribution < 1.29 is 28.2 Å². The minimum Gasteiger partial charge on any atom is -0.465 e. The molecule has 3 rings (SSSR count). The summed E-state index contributed by atoms with van der Waals surface area (Å²) >= 11 is 0. The van der Waals surface area contributed by atoms with E-state index in [1.54, 1.807) is 12.1 Å². The van der Waals surface area contributed by atoms with E-state index in [2.05, 4.69) is 0 Å². The normalized spacial score (nSPS) is 25.0. The van der Waals surface area contributed by atoms with E-state index in [9.17, 15) is 18.7 Å². The highest BCUT2D eigenvalue weighted by Gasteiger charge is 2.49. The molecule has 0 bridgehead atoms. The molecule has 1 aromatic rings. The van der Waals surface area contributed by atoms with Gasteiger partial charge in [-0.1, -0.05) is 12.1 Å². The number of methoxy groups -OCH3 is 1. The Balaban J connectivity index is 1.75. The largest absolute Gasteiger partial charge is 0.465 e. The van der Waals surface area contributed by atoms with Crippen LogP contribution in [0.1, 0.15) is 61.9 Å². The minimum absolute atomic E-state index is 0.0127. The Morgan fingerprint density at radius 3 is 2.21 bits per heavy atom. The number of hydrogen-bond acceptors (Lipinski definition) is 6. The van der Waals surface area contributed by atoms with Gasteiger partial charge in [-0.3, -0.25) is 9.11 Å². The number of rotatable bonds is 4. The van der Waals surface area contributed by atoms with Gasteiger partial charge >= 0.3 is 12.1 Å².